The van der Waals surface area contributed by atoms with Gasteiger partial charge in [-0.3, -0.25) is 14.6 Å². The van der Waals surface area contributed by atoms with Crippen molar-refractivity contribution in [3.8, 4) is 0 Å². The first-order valence-electron chi connectivity index (χ1n) is 11.0. The number of hydrogen-bond donors (Lipinski definition) is 0. The molecule has 4 rings (SSSR count). The van der Waals surface area contributed by atoms with Gasteiger partial charge in [0.2, 0.25) is 5.91 Å². The lowest BCUT2D eigenvalue weighted by atomic mass is 10.1. The van der Waals surface area contributed by atoms with Gasteiger partial charge in [-0.1, -0.05) is 48.0 Å². The zero-order valence-electron chi connectivity index (χ0n) is 18.6. The summed E-state index contributed by atoms with van der Waals surface area (Å²) in [5.74, 6) is 0.235. The third-order valence-corrected chi connectivity index (χ3v) is 6.27. The van der Waals surface area contributed by atoms with E-state index in [4.69, 9.17) is 0 Å². The first-order chi connectivity index (χ1) is 14.5. The summed E-state index contributed by atoms with van der Waals surface area (Å²) in [6.07, 6.45) is 0.949. The number of fused-ring (bicyclic) bond motifs is 1. The molecule has 1 saturated heterocycles. The van der Waals surface area contributed by atoms with Crippen molar-refractivity contribution >= 4 is 11.6 Å². The molecule has 0 aromatic heterocycles. The molecule has 0 radical (unpaired) electrons. The molecule has 0 unspecified atom stereocenters. The van der Waals surface area contributed by atoms with Gasteiger partial charge in [0, 0.05) is 45.0 Å². The number of carbonyl (C=O) groups excluding carboxylic acids is 1. The van der Waals surface area contributed by atoms with Crippen LogP contribution in [-0.2, 0) is 17.8 Å². The van der Waals surface area contributed by atoms with Gasteiger partial charge in [-0.25, -0.2) is 0 Å². The molecular formula is C25H34N4O. The van der Waals surface area contributed by atoms with Crippen molar-refractivity contribution in [3.05, 3.63) is 65.2 Å². The molecule has 0 N–H and O–H groups in total. The molecule has 0 saturated carbocycles. The van der Waals surface area contributed by atoms with E-state index in [9.17, 15) is 4.79 Å². The molecule has 5 nitrogen and oxygen atoms in total. The average molecular weight is 407 g/mol. The number of para-hydroxylation sites is 1. The quantitative estimate of drug-likeness (QED) is 0.738. The summed E-state index contributed by atoms with van der Waals surface area (Å²) in [5, 5.41) is 0. The van der Waals surface area contributed by atoms with Gasteiger partial charge in [0.15, 0.2) is 0 Å². The molecule has 5 heteroatoms. The summed E-state index contributed by atoms with van der Waals surface area (Å²) in [7, 11) is 4.16. The number of rotatable bonds is 6. The van der Waals surface area contributed by atoms with Crippen LogP contribution in [0.5, 0.6) is 0 Å². The van der Waals surface area contributed by atoms with Gasteiger partial charge < -0.3 is 9.80 Å². The first-order valence-corrected chi connectivity index (χ1v) is 11.0. The number of aryl methyl sites for hydroxylation is 1. The summed E-state index contributed by atoms with van der Waals surface area (Å²) in [6, 6.07) is 17.4. The van der Waals surface area contributed by atoms with Crippen LogP contribution < -0.4 is 4.90 Å². The van der Waals surface area contributed by atoms with Crippen LogP contribution in [0, 0.1) is 6.92 Å². The highest BCUT2D eigenvalue weighted by Gasteiger charge is 2.34. The number of piperazine rings is 1. The van der Waals surface area contributed by atoms with E-state index in [0.29, 0.717) is 6.54 Å². The Balaban J connectivity index is 1.34. The zero-order chi connectivity index (χ0) is 21.1. The van der Waals surface area contributed by atoms with Crippen LogP contribution in [0.3, 0.4) is 0 Å². The van der Waals surface area contributed by atoms with Crippen molar-refractivity contribution in [3.63, 3.8) is 0 Å². The Morgan fingerprint density at radius 2 is 1.63 bits per heavy atom. The molecule has 2 aliphatic rings. The summed E-state index contributed by atoms with van der Waals surface area (Å²) in [5.41, 5.74) is 5.07. The van der Waals surface area contributed by atoms with Gasteiger partial charge in [-0.2, -0.15) is 0 Å². The predicted octanol–water partition coefficient (Wildman–Crippen LogP) is 2.63. The number of nitrogens with zero attached hydrogens (tertiary/aromatic N) is 4. The number of carbonyl (C=O) groups is 1. The van der Waals surface area contributed by atoms with Crippen molar-refractivity contribution in [1.29, 1.82) is 0 Å². The van der Waals surface area contributed by atoms with E-state index in [1.54, 1.807) is 0 Å². The van der Waals surface area contributed by atoms with Crippen molar-refractivity contribution in [2.24, 2.45) is 0 Å². The van der Waals surface area contributed by atoms with Crippen LogP contribution >= 0.6 is 0 Å². The summed E-state index contributed by atoms with van der Waals surface area (Å²) < 4.78 is 0. The summed E-state index contributed by atoms with van der Waals surface area (Å²) in [6.45, 7) is 8.45. The maximum absolute atomic E-state index is 13.3. The molecule has 2 aromatic rings. The van der Waals surface area contributed by atoms with Crippen LogP contribution in [-0.4, -0.2) is 80.0 Å². The fourth-order valence-electron chi connectivity index (χ4n) is 4.69. The van der Waals surface area contributed by atoms with Crippen LogP contribution in [0.2, 0.25) is 0 Å². The third-order valence-electron chi connectivity index (χ3n) is 6.27. The molecule has 2 aliphatic heterocycles. The highest BCUT2D eigenvalue weighted by Crippen LogP contribution is 2.32. The van der Waals surface area contributed by atoms with Gasteiger partial charge in [-0.15, -0.1) is 0 Å². The van der Waals surface area contributed by atoms with Gasteiger partial charge >= 0.3 is 0 Å². The fraction of sp³-hybridized carbons (Fsp3) is 0.480. The molecule has 0 bridgehead atoms. The average Bonchev–Trinajstić information content (AvgIpc) is 3.08. The third kappa shape index (κ3) is 4.91. The lowest BCUT2D eigenvalue weighted by Crippen LogP contribution is -2.52. The number of likely N-dealkylation sites (N-methyl/N-ethyl adjacent to an activating group) is 1. The molecule has 1 atom stereocenters. The Bertz CT molecular complexity index is 856. The Morgan fingerprint density at radius 1 is 0.967 bits per heavy atom. The fourth-order valence-corrected chi connectivity index (χ4v) is 4.69. The largest absolute Gasteiger partial charge is 0.307 e. The minimum Gasteiger partial charge on any atom is -0.307 e. The zero-order valence-corrected chi connectivity index (χ0v) is 18.6. The van der Waals surface area contributed by atoms with Crippen molar-refractivity contribution in [2.45, 2.75) is 25.9 Å². The van der Waals surface area contributed by atoms with E-state index in [1.165, 1.54) is 16.7 Å². The Kier molecular flexibility index (Phi) is 6.52. The number of benzene rings is 2. The molecular weight excluding hydrogens is 372 g/mol. The molecule has 2 heterocycles. The Labute approximate surface area is 180 Å². The van der Waals surface area contributed by atoms with E-state index in [0.717, 1.165) is 51.4 Å². The highest BCUT2D eigenvalue weighted by molar-refractivity contribution is 5.97. The lowest BCUT2D eigenvalue weighted by Gasteiger charge is -2.36. The molecule has 0 aliphatic carbocycles. The van der Waals surface area contributed by atoms with Crippen LogP contribution in [0.25, 0.3) is 0 Å². The molecule has 30 heavy (non-hydrogen) atoms. The predicted molar refractivity (Wildman–Crippen MR) is 123 cm³/mol. The summed E-state index contributed by atoms with van der Waals surface area (Å²) >= 11 is 0. The standard InChI is InChI=1S/C25H34N4O/c1-20-8-10-21(11-9-20)17-27-12-14-28(15-13-27)19-25(30)29-23(18-26(2)3)16-22-6-4-5-7-24(22)29/h4-11,23H,12-19H2,1-3H3/t23-/m0/s1. The van der Waals surface area contributed by atoms with E-state index in [-0.39, 0.29) is 11.9 Å². The monoisotopic (exact) mass is 406 g/mol. The van der Waals surface area contributed by atoms with Crippen molar-refractivity contribution in [1.82, 2.24) is 14.7 Å². The van der Waals surface area contributed by atoms with Crippen molar-refractivity contribution < 1.29 is 4.79 Å². The normalized spacial score (nSPS) is 20.0. The summed E-state index contributed by atoms with van der Waals surface area (Å²) in [4.78, 5) is 22.4. The molecule has 1 fully saturated rings. The Hall–Kier alpha value is -2.21. The van der Waals surface area contributed by atoms with Gasteiger partial charge in [0.05, 0.1) is 12.6 Å². The molecule has 0 spiro atoms. The second-order valence-corrected chi connectivity index (χ2v) is 9.05. The van der Waals surface area contributed by atoms with Gasteiger partial charge in [-0.05, 0) is 44.6 Å². The van der Waals surface area contributed by atoms with E-state index in [2.05, 4.69) is 83.1 Å². The maximum atomic E-state index is 13.3. The SMILES string of the molecule is Cc1ccc(CN2CCN(CC(=O)N3c4ccccc4C[C@H]3CN(C)C)CC2)cc1. The lowest BCUT2D eigenvalue weighted by molar-refractivity contribution is -0.120. The van der Waals surface area contributed by atoms with Crippen molar-refractivity contribution in [2.75, 3.05) is 58.3 Å². The number of anilines is 1. The smallest absolute Gasteiger partial charge is 0.241 e. The second kappa shape index (κ2) is 9.29. The minimum absolute atomic E-state index is 0.229. The minimum atomic E-state index is 0.229. The topological polar surface area (TPSA) is 30.0 Å². The maximum Gasteiger partial charge on any atom is 0.241 e. The van der Waals surface area contributed by atoms with Gasteiger partial charge in [0.1, 0.15) is 0 Å². The number of hydrogen-bond acceptors (Lipinski definition) is 4. The first kappa shape index (κ1) is 21.0. The molecule has 2 aromatic carbocycles. The highest BCUT2D eigenvalue weighted by atomic mass is 16.2. The second-order valence-electron chi connectivity index (χ2n) is 9.05. The molecule has 160 valence electrons. The Morgan fingerprint density at radius 3 is 2.33 bits per heavy atom. The number of amides is 1. The van der Waals surface area contributed by atoms with E-state index < -0.39 is 0 Å². The van der Waals surface area contributed by atoms with Crippen LogP contribution in [0.4, 0.5) is 5.69 Å². The van der Waals surface area contributed by atoms with Crippen LogP contribution in [0.15, 0.2) is 48.5 Å². The van der Waals surface area contributed by atoms with Crippen LogP contribution in [0.1, 0.15) is 16.7 Å². The van der Waals surface area contributed by atoms with Gasteiger partial charge in [0.25, 0.3) is 0 Å². The van der Waals surface area contributed by atoms with E-state index >= 15 is 0 Å². The molecule has 1 amide bonds. The van der Waals surface area contributed by atoms with E-state index in [1.807, 2.05) is 6.07 Å².